The van der Waals surface area contributed by atoms with E-state index < -0.39 is 0 Å². The molecule has 0 heterocycles. The van der Waals surface area contributed by atoms with Crippen molar-refractivity contribution in [2.75, 3.05) is 19.0 Å². The summed E-state index contributed by atoms with van der Waals surface area (Å²) >= 11 is 5.28. The van der Waals surface area contributed by atoms with Gasteiger partial charge in [-0.15, -0.1) is 11.6 Å². The van der Waals surface area contributed by atoms with E-state index in [0.29, 0.717) is 19.5 Å². The lowest BCUT2D eigenvalue weighted by Gasteiger charge is -2.18. The quantitative estimate of drug-likeness (QED) is 0.695. The zero-order valence-corrected chi connectivity index (χ0v) is 10.3. The van der Waals surface area contributed by atoms with E-state index >= 15 is 0 Å². The van der Waals surface area contributed by atoms with Crippen molar-refractivity contribution < 1.29 is 9.59 Å². The minimum absolute atomic E-state index is 0.0557. The highest BCUT2D eigenvalue weighted by atomic mass is 35.5. The number of halogens is 1. The van der Waals surface area contributed by atoms with Gasteiger partial charge in [-0.25, -0.2) is 0 Å². The maximum atomic E-state index is 11.3. The summed E-state index contributed by atoms with van der Waals surface area (Å²) in [6.45, 7) is 7.10. The van der Waals surface area contributed by atoms with Crippen LogP contribution in [0, 0.1) is 5.41 Å². The third-order valence-electron chi connectivity index (χ3n) is 1.61. The Morgan fingerprint density at radius 2 is 1.73 bits per heavy atom. The lowest BCUT2D eigenvalue weighted by Crippen LogP contribution is -2.35. The molecule has 0 saturated carbocycles. The van der Waals surface area contributed by atoms with Crippen LogP contribution in [-0.2, 0) is 9.59 Å². The molecule has 0 aromatic heterocycles. The summed E-state index contributed by atoms with van der Waals surface area (Å²) in [7, 11) is 0. The molecule has 4 nitrogen and oxygen atoms in total. The van der Waals surface area contributed by atoms with Gasteiger partial charge in [-0.3, -0.25) is 9.59 Å². The van der Waals surface area contributed by atoms with E-state index in [1.807, 2.05) is 20.8 Å². The topological polar surface area (TPSA) is 58.2 Å². The fraction of sp³-hybridized carbons (Fsp3) is 0.800. The number of carbonyl (C=O) groups excluding carboxylic acids is 2. The van der Waals surface area contributed by atoms with Gasteiger partial charge in [0, 0.05) is 19.5 Å². The molecule has 88 valence electrons. The maximum Gasteiger partial charge on any atom is 0.234 e. The second-order valence-electron chi connectivity index (χ2n) is 4.57. The van der Waals surface area contributed by atoms with E-state index in [4.69, 9.17) is 11.6 Å². The van der Waals surface area contributed by atoms with Crippen molar-refractivity contribution in [2.24, 2.45) is 5.41 Å². The first-order valence-corrected chi connectivity index (χ1v) is 5.48. The Labute approximate surface area is 95.7 Å². The molecule has 0 radical (unpaired) electrons. The summed E-state index contributed by atoms with van der Waals surface area (Å²) < 4.78 is 0. The molecule has 15 heavy (non-hydrogen) atoms. The average Bonchev–Trinajstić information content (AvgIpc) is 2.13. The van der Waals surface area contributed by atoms with Crippen LogP contribution >= 0.6 is 11.6 Å². The minimum atomic E-state index is -0.250. The van der Waals surface area contributed by atoms with Gasteiger partial charge >= 0.3 is 0 Å². The van der Waals surface area contributed by atoms with E-state index in [-0.39, 0.29) is 23.1 Å². The van der Waals surface area contributed by atoms with Crippen molar-refractivity contribution in [1.29, 1.82) is 0 Å². The zero-order valence-electron chi connectivity index (χ0n) is 9.52. The highest BCUT2D eigenvalue weighted by Gasteiger charge is 2.11. The maximum absolute atomic E-state index is 11.3. The van der Waals surface area contributed by atoms with Crippen LogP contribution in [0.25, 0.3) is 0 Å². The van der Waals surface area contributed by atoms with Gasteiger partial charge in [-0.05, 0) is 5.41 Å². The molecule has 0 unspecified atom stereocenters. The number of amides is 2. The van der Waals surface area contributed by atoms with E-state index in [0.717, 1.165) is 0 Å². The molecule has 0 rings (SSSR count). The van der Waals surface area contributed by atoms with Gasteiger partial charge in [-0.2, -0.15) is 0 Å². The predicted octanol–water partition coefficient (Wildman–Crippen LogP) is 0.894. The second kappa shape index (κ2) is 6.67. The summed E-state index contributed by atoms with van der Waals surface area (Å²) in [6.07, 6.45) is 0.290. The van der Waals surface area contributed by atoms with Crippen molar-refractivity contribution >= 4 is 23.4 Å². The summed E-state index contributed by atoms with van der Waals surface area (Å²) in [5.41, 5.74) is 0.0784. The molecular weight excluding hydrogens is 216 g/mol. The molecule has 0 saturated heterocycles. The lowest BCUT2D eigenvalue weighted by molar-refractivity contribution is -0.121. The van der Waals surface area contributed by atoms with Crippen molar-refractivity contribution in [3.8, 4) is 0 Å². The summed E-state index contributed by atoms with van der Waals surface area (Å²) in [6, 6.07) is 0. The Morgan fingerprint density at radius 1 is 1.13 bits per heavy atom. The molecule has 0 aliphatic rings. The highest BCUT2D eigenvalue weighted by Crippen LogP contribution is 2.09. The molecule has 5 heteroatoms. The summed E-state index contributed by atoms with van der Waals surface area (Å²) in [5, 5.41) is 5.32. The van der Waals surface area contributed by atoms with E-state index in [2.05, 4.69) is 10.6 Å². The first-order chi connectivity index (χ1) is 6.85. The Balaban J connectivity index is 3.54. The number of nitrogens with one attached hydrogen (secondary N) is 2. The first-order valence-electron chi connectivity index (χ1n) is 4.94. The number of alkyl halides is 1. The van der Waals surface area contributed by atoms with Gasteiger partial charge in [0.25, 0.3) is 0 Å². The van der Waals surface area contributed by atoms with Crippen LogP contribution in [0.3, 0.4) is 0 Å². The summed E-state index contributed by atoms with van der Waals surface area (Å²) in [5.74, 6) is -0.371. The van der Waals surface area contributed by atoms with Crippen LogP contribution in [0.2, 0.25) is 0 Å². The van der Waals surface area contributed by atoms with Crippen LogP contribution < -0.4 is 10.6 Å². The third kappa shape index (κ3) is 9.53. The van der Waals surface area contributed by atoms with Gasteiger partial charge < -0.3 is 10.6 Å². The molecule has 2 amide bonds. The molecule has 0 aliphatic carbocycles. The van der Waals surface area contributed by atoms with Gasteiger partial charge in [0.1, 0.15) is 5.88 Å². The van der Waals surface area contributed by atoms with E-state index in [1.54, 1.807) is 0 Å². The van der Waals surface area contributed by atoms with Crippen molar-refractivity contribution in [2.45, 2.75) is 27.2 Å². The number of rotatable bonds is 5. The van der Waals surface area contributed by atoms with Crippen LogP contribution in [0.15, 0.2) is 0 Å². The van der Waals surface area contributed by atoms with E-state index in [1.165, 1.54) is 0 Å². The molecule has 2 N–H and O–H groups in total. The Kier molecular flexibility index (Phi) is 6.32. The van der Waals surface area contributed by atoms with Crippen molar-refractivity contribution in [3.63, 3.8) is 0 Å². The predicted molar refractivity (Wildman–Crippen MR) is 60.8 cm³/mol. The Hall–Kier alpha value is -0.770. The van der Waals surface area contributed by atoms with Crippen LogP contribution in [0.1, 0.15) is 27.2 Å². The minimum Gasteiger partial charge on any atom is -0.356 e. The number of hydrogen-bond donors (Lipinski definition) is 2. The Bertz CT molecular complexity index is 224. The first kappa shape index (κ1) is 14.2. The van der Waals surface area contributed by atoms with Gasteiger partial charge in [0.05, 0.1) is 0 Å². The molecule has 0 fully saturated rings. The molecule has 0 spiro atoms. The molecule has 0 aromatic carbocycles. The molecule has 0 bridgehead atoms. The highest BCUT2D eigenvalue weighted by molar-refractivity contribution is 6.27. The zero-order chi connectivity index (χ0) is 11.9. The Morgan fingerprint density at radius 3 is 2.20 bits per heavy atom. The number of hydrogen-bond acceptors (Lipinski definition) is 2. The van der Waals surface area contributed by atoms with Gasteiger partial charge in [-0.1, -0.05) is 20.8 Å². The number of carbonyl (C=O) groups is 2. The fourth-order valence-corrected chi connectivity index (χ4v) is 0.909. The van der Waals surface area contributed by atoms with Gasteiger partial charge in [0.15, 0.2) is 0 Å². The van der Waals surface area contributed by atoms with E-state index in [9.17, 15) is 9.59 Å². The molecular formula is C10H19ClN2O2. The van der Waals surface area contributed by atoms with Crippen LogP contribution in [0.5, 0.6) is 0 Å². The van der Waals surface area contributed by atoms with Crippen LogP contribution in [0.4, 0.5) is 0 Å². The molecule has 0 atom stereocenters. The van der Waals surface area contributed by atoms with Crippen molar-refractivity contribution in [3.05, 3.63) is 0 Å². The van der Waals surface area contributed by atoms with Gasteiger partial charge in [0.2, 0.25) is 11.8 Å². The fourth-order valence-electron chi connectivity index (χ4n) is 0.815. The third-order valence-corrected chi connectivity index (χ3v) is 1.85. The molecule has 0 aliphatic heterocycles. The van der Waals surface area contributed by atoms with Crippen LogP contribution in [-0.4, -0.2) is 30.8 Å². The monoisotopic (exact) mass is 234 g/mol. The smallest absolute Gasteiger partial charge is 0.234 e. The SMILES string of the molecule is CC(C)(C)CNC(=O)CCNC(=O)CCl. The molecule has 0 aromatic rings. The lowest BCUT2D eigenvalue weighted by atomic mass is 9.97. The standard InChI is InChI=1S/C10H19ClN2O2/c1-10(2,3)7-13-8(14)4-5-12-9(15)6-11/h4-7H2,1-3H3,(H,12,15)(H,13,14). The average molecular weight is 235 g/mol. The largest absolute Gasteiger partial charge is 0.356 e. The normalized spacial score (nSPS) is 10.9. The summed E-state index contributed by atoms with van der Waals surface area (Å²) in [4.78, 5) is 22.0. The van der Waals surface area contributed by atoms with Crippen molar-refractivity contribution in [1.82, 2.24) is 10.6 Å². The second-order valence-corrected chi connectivity index (χ2v) is 4.84.